The van der Waals surface area contributed by atoms with E-state index in [1.807, 2.05) is 0 Å². The molecule has 0 saturated heterocycles. The van der Waals surface area contributed by atoms with Crippen LogP contribution in [0.1, 0.15) is 0 Å². The van der Waals surface area contributed by atoms with E-state index >= 15 is 0 Å². The minimum absolute atomic E-state index is 0. The maximum absolute atomic E-state index is 0. The van der Waals surface area contributed by atoms with E-state index < -0.39 is 0 Å². The number of rotatable bonds is 0. The maximum atomic E-state index is 0. The van der Waals surface area contributed by atoms with E-state index in [1.54, 1.807) is 0 Å². The van der Waals surface area contributed by atoms with Gasteiger partial charge in [-0.1, -0.05) is 0 Å². The van der Waals surface area contributed by atoms with Crippen molar-refractivity contribution in [3.05, 3.63) is 0 Å². The van der Waals surface area contributed by atoms with Crippen molar-refractivity contribution in [2.45, 2.75) is 0 Å². The zero-order valence-electron chi connectivity index (χ0n) is 1.21. The Bertz CT molecular complexity index is 8.00. The summed E-state index contributed by atoms with van der Waals surface area (Å²) in [5, 5.41) is 0. The van der Waals surface area contributed by atoms with E-state index in [0.29, 0.717) is 0 Å². The molecule has 1 nitrogen and oxygen atoms in total. The van der Waals surface area contributed by atoms with E-state index in [-0.39, 0.29) is 101 Å². The fourth-order valence-corrected chi connectivity index (χ4v) is 0. The molecule has 4 heteroatoms. The molecule has 0 heterocycles. The Morgan fingerprint density at radius 1 is 1.00 bits per heavy atom. The molecule has 0 rings (SSSR count). The van der Waals surface area contributed by atoms with Crippen molar-refractivity contribution in [2.75, 3.05) is 0 Å². The Morgan fingerprint density at radius 2 is 1.00 bits per heavy atom. The van der Waals surface area contributed by atoms with Crippen LogP contribution in [0, 0.1) is 0 Å². The molecule has 0 radical (unpaired) electrons. The first-order chi connectivity index (χ1) is 0. The molecule has 3 N–H and O–H groups in total. The minimum atomic E-state index is 0. The molecule has 0 fully saturated rings. The molecule has 0 bridgehead atoms. The van der Waals surface area contributed by atoms with Crippen LogP contribution in [0.5, 0.6) is 0 Å². The summed E-state index contributed by atoms with van der Waals surface area (Å²) >= 11 is 0. The van der Waals surface area contributed by atoms with Gasteiger partial charge in [0, 0.05) is 0 Å². The van der Waals surface area contributed by atoms with Crippen LogP contribution in [-0.2, 0) is 0 Å². The van der Waals surface area contributed by atoms with Gasteiger partial charge in [0.2, 0.25) is 0 Å². The van der Waals surface area contributed by atoms with Crippen LogP contribution in [0.4, 0.5) is 0 Å². The first-order valence-corrected chi connectivity index (χ1v) is 0. The van der Waals surface area contributed by atoms with Gasteiger partial charge in [-0.05, 0) is 0 Å². The SMILES string of the molecule is N.S.[KH].[NaH]. The summed E-state index contributed by atoms with van der Waals surface area (Å²) in [6.45, 7) is 0. The average molecular weight is 115 g/mol. The first-order valence-electron chi connectivity index (χ1n) is 0. The summed E-state index contributed by atoms with van der Waals surface area (Å²) in [6.07, 6.45) is 0. The molecular formula is H7KNNaS. The fraction of sp³-hybridized carbons (Fsp3) is 0. The van der Waals surface area contributed by atoms with E-state index in [0.717, 1.165) is 0 Å². The molecule has 4 heavy (non-hydrogen) atoms. The third-order valence-corrected chi connectivity index (χ3v) is 0. The van der Waals surface area contributed by atoms with E-state index in [4.69, 9.17) is 0 Å². The van der Waals surface area contributed by atoms with Crippen molar-refractivity contribution >= 4 is 94.4 Å². The van der Waals surface area contributed by atoms with Crippen LogP contribution in [0.2, 0.25) is 0 Å². The van der Waals surface area contributed by atoms with Gasteiger partial charge in [-0.2, -0.15) is 13.5 Å². The number of hydrogen-bond donors (Lipinski definition) is 1. The fourth-order valence-electron chi connectivity index (χ4n) is 0. The second kappa shape index (κ2) is 16.8. The summed E-state index contributed by atoms with van der Waals surface area (Å²) in [7, 11) is 0. The Hall–Kier alpha value is 2.95. The van der Waals surface area contributed by atoms with Gasteiger partial charge in [0.15, 0.2) is 0 Å². The van der Waals surface area contributed by atoms with Crippen molar-refractivity contribution in [3.8, 4) is 0 Å². The van der Waals surface area contributed by atoms with Crippen LogP contribution in [-0.4, -0.2) is 80.9 Å². The molecule has 0 aromatic carbocycles. The normalized spacial score (nSPS) is 0. The van der Waals surface area contributed by atoms with Crippen LogP contribution in [0.3, 0.4) is 0 Å². The van der Waals surface area contributed by atoms with Gasteiger partial charge in [-0.3, -0.25) is 0 Å². The van der Waals surface area contributed by atoms with Crippen molar-refractivity contribution in [1.29, 1.82) is 0 Å². The molecule has 0 saturated carbocycles. The van der Waals surface area contributed by atoms with Gasteiger partial charge < -0.3 is 6.15 Å². The van der Waals surface area contributed by atoms with Gasteiger partial charge in [-0.15, -0.1) is 0 Å². The summed E-state index contributed by atoms with van der Waals surface area (Å²) < 4.78 is 0. The standard InChI is InChI=1S/K.H3N.Na.H2S.2H/h;1H3;;1H2;;. The Balaban J connectivity index is 0. The molecule has 0 aromatic heterocycles. The molecule has 0 spiro atoms. The Kier molecular flexibility index (Phi) is 119. The molecule has 0 aromatic rings. The molecule has 0 aliphatic rings. The van der Waals surface area contributed by atoms with Crippen LogP contribution in [0.15, 0.2) is 0 Å². The second-order valence-corrected chi connectivity index (χ2v) is 0. The average Bonchev–Trinajstić information content (AvgIpc) is 0. The van der Waals surface area contributed by atoms with Gasteiger partial charge in [0.05, 0.1) is 0 Å². The molecular weight excluding hydrogens is 108 g/mol. The molecule has 0 aliphatic carbocycles. The third kappa shape index (κ3) is 8.87. The third-order valence-electron chi connectivity index (χ3n) is 0. The summed E-state index contributed by atoms with van der Waals surface area (Å²) in [4.78, 5) is 0. The summed E-state index contributed by atoms with van der Waals surface area (Å²) in [5.41, 5.74) is 0. The van der Waals surface area contributed by atoms with Crippen molar-refractivity contribution in [2.24, 2.45) is 0 Å². The second-order valence-electron chi connectivity index (χ2n) is 0. The van der Waals surface area contributed by atoms with Crippen molar-refractivity contribution < 1.29 is 0 Å². The zero-order chi connectivity index (χ0) is 0. The molecule has 20 valence electrons. The van der Waals surface area contributed by atoms with Gasteiger partial charge in [-0.25, -0.2) is 0 Å². The van der Waals surface area contributed by atoms with Crippen LogP contribution >= 0.6 is 13.5 Å². The summed E-state index contributed by atoms with van der Waals surface area (Å²) in [5.74, 6) is 0. The molecule has 0 aliphatic heterocycles. The monoisotopic (exact) mass is 115 g/mol. The van der Waals surface area contributed by atoms with E-state index in [9.17, 15) is 0 Å². The quantitative estimate of drug-likeness (QED) is 0.403. The van der Waals surface area contributed by atoms with Gasteiger partial charge in [0.1, 0.15) is 0 Å². The first kappa shape index (κ1) is 28.3. The molecule has 0 atom stereocenters. The Morgan fingerprint density at radius 3 is 1.00 bits per heavy atom. The van der Waals surface area contributed by atoms with Crippen LogP contribution in [0.25, 0.3) is 0 Å². The predicted octanol–water partition coefficient (Wildman–Crippen LogP) is -1.02. The van der Waals surface area contributed by atoms with Crippen molar-refractivity contribution in [3.63, 3.8) is 0 Å². The van der Waals surface area contributed by atoms with Crippen LogP contribution < -0.4 is 6.15 Å². The van der Waals surface area contributed by atoms with Gasteiger partial charge in [0.25, 0.3) is 0 Å². The summed E-state index contributed by atoms with van der Waals surface area (Å²) in [6, 6.07) is 0. The topological polar surface area (TPSA) is 35.0 Å². The predicted molar refractivity (Wildman–Crippen MR) is 29.7 cm³/mol. The van der Waals surface area contributed by atoms with E-state index in [2.05, 4.69) is 0 Å². The zero-order valence-corrected chi connectivity index (χ0v) is 2.21. The number of hydrogen-bond acceptors (Lipinski definition) is 1. The molecule has 0 unspecified atom stereocenters. The van der Waals surface area contributed by atoms with Gasteiger partial charge >= 0.3 is 80.9 Å². The molecule has 0 amide bonds. The van der Waals surface area contributed by atoms with E-state index in [1.165, 1.54) is 0 Å². The van der Waals surface area contributed by atoms with Crippen molar-refractivity contribution in [1.82, 2.24) is 6.15 Å². The Labute approximate surface area is 98.0 Å².